The number of thiophene rings is 1. The first-order valence-corrected chi connectivity index (χ1v) is 10.9. The topological polar surface area (TPSA) is 61.4 Å². The van der Waals surface area contributed by atoms with E-state index >= 15 is 0 Å². The molecule has 1 saturated heterocycles. The summed E-state index contributed by atoms with van der Waals surface area (Å²) in [6.07, 6.45) is 4.89. The van der Waals surface area contributed by atoms with Crippen LogP contribution in [-0.2, 0) is 9.59 Å². The Labute approximate surface area is 171 Å². The van der Waals surface area contributed by atoms with E-state index in [0.717, 1.165) is 24.2 Å². The highest BCUT2D eigenvalue weighted by Gasteiger charge is 2.24. The maximum atomic E-state index is 12.4. The minimum atomic E-state index is -0.622. The van der Waals surface area contributed by atoms with Crippen LogP contribution >= 0.6 is 11.3 Å². The zero-order valence-corrected chi connectivity index (χ0v) is 17.5. The fourth-order valence-electron chi connectivity index (χ4n) is 3.61. The van der Waals surface area contributed by atoms with E-state index in [9.17, 15) is 9.59 Å². The van der Waals surface area contributed by atoms with E-state index in [1.54, 1.807) is 11.3 Å². The molecule has 0 radical (unpaired) electrons. The molecule has 2 amide bonds. The van der Waals surface area contributed by atoms with Gasteiger partial charge in [0, 0.05) is 12.2 Å². The van der Waals surface area contributed by atoms with Crippen molar-refractivity contribution >= 4 is 28.8 Å². The van der Waals surface area contributed by atoms with E-state index in [1.807, 2.05) is 32.0 Å². The normalized spacial score (nSPS) is 16.2. The van der Waals surface area contributed by atoms with Crippen molar-refractivity contribution in [3.8, 4) is 0 Å². The van der Waals surface area contributed by atoms with Gasteiger partial charge in [-0.1, -0.05) is 18.9 Å². The van der Waals surface area contributed by atoms with Crippen LogP contribution < -0.4 is 10.6 Å². The third kappa shape index (κ3) is 5.42. The molecule has 1 aromatic carbocycles. The summed E-state index contributed by atoms with van der Waals surface area (Å²) in [4.78, 5) is 27.1. The number of benzene rings is 1. The first-order chi connectivity index (χ1) is 13.5. The number of likely N-dealkylation sites (tertiary alicyclic amines) is 1. The Morgan fingerprint density at radius 3 is 2.43 bits per heavy atom. The number of carbonyl (C=O) groups excluding carboxylic acids is 2. The van der Waals surface area contributed by atoms with Gasteiger partial charge in [0.2, 0.25) is 0 Å². The van der Waals surface area contributed by atoms with Gasteiger partial charge in [-0.05, 0) is 85.4 Å². The SMILES string of the molecule is Cc1ccc(NC(=O)C(=O)NCC(c2ccsc2)N2CCCCCC2)cc1C. The van der Waals surface area contributed by atoms with Crippen molar-refractivity contribution in [1.82, 2.24) is 10.2 Å². The van der Waals surface area contributed by atoms with Crippen molar-refractivity contribution in [2.24, 2.45) is 0 Å². The van der Waals surface area contributed by atoms with E-state index < -0.39 is 11.8 Å². The smallest absolute Gasteiger partial charge is 0.313 e. The Hall–Kier alpha value is -2.18. The van der Waals surface area contributed by atoms with Crippen molar-refractivity contribution in [1.29, 1.82) is 0 Å². The van der Waals surface area contributed by atoms with E-state index in [2.05, 4.69) is 32.4 Å². The van der Waals surface area contributed by atoms with Crippen LogP contribution in [0, 0.1) is 13.8 Å². The van der Waals surface area contributed by atoms with Crippen LogP contribution in [0.15, 0.2) is 35.0 Å². The first kappa shape index (κ1) is 20.6. The van der Waals surface area contributed by atoms with E-state index in [0.29, 0.717) is 12.2 Å². The van der Waals surface area contributed by atoms with Gasteiger partial charge in [0.15, 0.2) is 0 Å². The van der Waals surface area contributed by atoms with Crippen molar-refractivity contribution in [2.75, 3.05) is 25.0 Å². The number of amides is 2. The molecule has 6 heteroatoms. The number of aryl methyl sites for hydroxylation is 2. The van der Waals surface area contributed by atoms with Crippen molar-refractivity contribution < 1.29 is 9.59 Å². The monoisotopic (exact) mass is 399 g/mol. The van der Waals surface area contributed by atoms with Gasteiger partial charge in [-0.15, -0.1) is 0 Å². The molecular weight excluding hydrogens is 370 g/mol. The van der Waals surface area contributed by atoms with Crippen LogP contribution in [0.5, 0.6) is 0 Å². The summed E-state index contributed by atoms with van der Waals surface area (Å²) in [5.41, 5.74) is 4.09. The summed E-state index contributed by atoms with van der Waals surface area (Å²) in [7, 11) is 0. The van der Waals surface area contributed by atoms with Crippen LogP contribution in [0.25, 0.3) is 0 Å². The second-order valence-corrected chi connectivity index (χ2v) is 8.27. The molecular formula is C22H29N3O2S. The summed E-state index contributed by atoms with van der Waals surface area (Å²) in [5, 5.41) is 9.74. The minimum absolute atomic E-state index is 0.114. The number of nitrogens with one attached hydrogen (secondary N) is 2. The largest absolute Gasteiger partial charge is 0.346 e. The second kappa shape index (κ2) is 9.85. The molecule has 3 rings (SSSR count). The number of hydrogen-bond acceptors (Lipinski definition) is 4. The maximum absolute atomic E-state index is 12.4. The summed E-state index contributed by atoms with van der Waals surface area (Å²) >= 11 is 1.66. The van der Waals surface area contributed by atoms with Crippen molar-refractivity contribution in [2.45, 2.75) is 45.6 Å². The third-order valence-electron chi connectivity index (χ3n) is 5.44. The highest BCUT2D eigenvalue weighted by molar-refractivity contribution is 7.08. The standard InChI is InChI=1S/C22H29N3O2S/c1-16-7-8-19(13-17(16)2)24-22(27)21(26)23-14-20(18-9-12-28-15-18)25-10-5-3-4-6-11-25/h7-9,12-13,15,20H,3-6,10-11,14H2,1-2H3,(H,23,26)(H,24,27). The van der Waals surface area contributed by atoms with Gasteiger partial charge in [0.05, 0.1) is 6.04 Å². The van der Waals surface area contributed by atoms with Crippen LogP contribution in [0.3, 0.4) is 0 Å². The molecule has 0 bridgehead atoms. The Morgan fingerprint density at radius 2 is 1.79 bits per heavy atom. The molecule has 1 aliphatic rings. The molecule has 150 valence electrons. The lowest BCUT2D eigenvalue weighted by molar-refractivity contribution is -0.136. The quantitative estimate of drug-likeness (QED) is 0.746. The van der Waals surface area contributed by atoms with Gasteiger partial charge in [-0.25, -0.2) is 0 Å². The average molecular weight is 400 g/mol. The fraction of sp³-hybridized carbons (Fsp3) is 0.455. The van der Waals surface area contributed by atoms with E-state index in [1.165, 1.54) is 31.2 Å². The molecule has 1 atom stereocenters. The number of anilines is 1. The zero-order valence-electron chi connectivity index (χ0n) is 16.7. The molecule has 2 heterocycles. The van der Waals surface area contributed by atoms with Crippen LogP contribution in [0.4, 0.5) is 5.69 Å². The fourth-order valence-corrected chi connectivity index (χ4v) is 4.31. The predicted molar refractivity (Wildman–Crippen MR) is 115 cm³/mol. The van der Waals surface area contributed by atoms with Gasteiger partial charge in [-0.2, -0.15) is 11.3 Å². The number of carbonyl (C=O) groups is 2. The molecule has 0 spiro atoms. The van der Waals surface area contributed by atoms with Crippen LogP contribution in [-0.4, -0.2) is 36.3 Å². The van der Waals surface area contributed by atoms with Crippen LogP contribution in [0.2, 0.25) is 0 Å². The van der Waals surface area contributed by atoms with Crippen molar-refractivity contribution in [3.05, 3.63) is 51.7 Å². The van der Waals surface area contributed by atoms with Crippen molar-refractivity contribution in [3.63, 3.8) is 0 Å². The maximum Gasteiger partial charge on any atom is 0.313 e. The number of nitrogens with zero attached hydrogens (tertiary/aromatic N) is 1. The Balaban J connectivity index is 1.60. The molecule has 1 fully saturated rings. The third-order valence-corrected chi connectivity index (χ3v) is 6.14. The second-order valence-electron chi connectivity index (χ2n) is 7.49. The summed E-state index contributed by atoms with van der Waals surface area (Å²) in [6, 6.07) is 7.86. The van der Waals surface area contributed by atoms with Gasteiger partial charge < -0.3 is 10.6 Å². The lowest BCUT2D eigenvalue weighted by atomic mass is 10.1. The van der Waals surface area contributed by atoms with Gasteiger partial charge in [-0.3, -0.25) is 14.5 Å². The summed E-state index contributed by atoms with van der Waals surface area (Å²) in [5.74, 6) is -1.21. The first-order valence-electron chi connectivity index (χ1n) is 9.97. The van der Waals surface area contributed by atoms with Crippen LogP contribution in [0.1, 0.15) is 48.4 Å². The molecule has 5 nitrogen and oxygen atoms in total. The molecule has 1 unspecified atom stereocenters. The predicted octanol–water partition coefficient (Wildman–Crippen LogP) is 4.04. The lowest BCUT2D eigenvalue weighted by Gasteiger charge is -2.30. The molecule has 28 heavy (non-hydrogen) atoms. The zero-order chi connectivity index (χ0) is 19.9. The molecule has 0 saturated carbocycles. The van der Waals surface area contributed by atoms with Gasteiger partial charge in [0.25, 0.3) is 0 Å². The molecule has 0 aliphatic carbocycles. The minimum Gasteiger partial charge on any atom is -0.346 e. The number of hydrogen-bond donors (Lipinski definition) is 2. The summed E-state index contributed by atoms with van der Waals surface area (Å²) in [6.45, 7) is 6.51. The molecule has 2 N–H and O–H groups in total. The Morgan fingerprint density at radius 1 is 1.04 bits per heavy atom. The van der Waals surface area contributed by atoms with E-state index in [-0.39, 0.29) is 6.04 Å². The number of rotatable bonds is 5. The highest BCUT2D eigenvalue weighted by atomic mass is 32.1. The average Bonchev–Trinajstić information content (AvgIpc) is 3.07. The highest BCUT2D eigenvalue weighted by Crippen LogP contribution is 2.25. The lowest BCUT2D eigenvalue weighted by Crippen LogP contribution is -2.42. The molecule has 2 aromatic rings. The molecule has 1 aromatic heterocycles. The summed E-state index contributed by atoms with van der Waals surface area (Å²) < 4.78 is 0. The van der Waals surface area contributed by atoms with E-state index in [4.69, 9.17) is 0 Å². The Kier molecular flexibility index (Phi) is 7.23. The molecule has 1 aliphatic heterocycles. The van der Waals surface area contributed by atoms with Gasteiger partial charge in [0.1, 0.15) is 0 Å². The van der Waals surface area contributed by atoms with Gasteiger partial charge >= 0.3 is 11.8 Å². The Bertz CT molecular complexity index is 796.